The van der Waals surface area contributed by atoms with Crippen molar-refractivity contribution < 1.29 is 31.1 Å². The van der Waals surface area contributed by atoms with Crippen molar-refractivity contribution in [2.45, 2.75) is 50.6 Å². The number of benzene rings is 1. The minimum atomic E-state index is -4.63. The third kappa shape index (κ3) is 5.27. The van der Waals surface area contributed by atoms with Gasteiger partial charge in [-0.05, 0) is 47.3 Å². The summed E-state index contributed by atoms with van der Waals surface area (Å²) in [7, 11) is 0. The van der Waals surface area contributed by atoms with Crippen molar-refractivity contribution in [3.63, 3.8) is 0 Å². The highest BCUT2D eigenvalue weighted by Crippen LogP contribution is 2.47. The molecule has 186 valence electrons. The summed E-state index contributed by atoms with van der Waals surface area (Å²) < 4.78 is 80.1. The molecule has 0 spiro atoms. The van der Waals surface area contributed by atoms with Gasteiger partial charge >= 0.3 is 12.4 Å². The van der Waals surface area contributed by atoms with E-state index in [0.717, 1.165) is 25.0 Å². The average molecular weight is 553 g/mol. The molecule has 1 saturated carbocycles. The van der Waals surface area contributed by atoms with E-state index in [0.29, 0.717) is 44.0 Å². The number of piperazine rings is 1. The Balaban J connectivity index is 1.41. The van der Waals surface area contributed by atoms with Crippen LogP contribution in [0.15, 0.2) is 28.7 Å². The lowest BCUT2D eigenvalue weighted by Crippen LogP contribution is -2.50. The molecule has 1 aliphatic carbocycles. The largest absolute Gasteiger partial charge is 0.436 e. The Kier molecular flexibility index (Phi) is 6.75. The van der Waals surface area contributed by atoms with Crippen LogP contribution >= 0.6 is 15.9 Å². The molecule has 34 heavy (non-hydrogen) atoms. The minimum absolute atomic E-state index is 0.0578. The molecular formula is C22H23BrF6N4O. The molecule has 2 aromatic rings. The van der Waals surface area contributed by atoms with Crippen molar-refractivity contribution in [1.82, 2.24) is 19.6 Å². The number of aromatic nitrogens is 2. The molecule has 2 heterocycles. The summed E-state index contributed by atoms with van der Waals surface area (Å²) in [6.07, 6.45) is -7.55. The number of amides is 1. The fourth-order valence-corrected chi connectivity index (χ4v) is 5.04. The zero-order valence-corrected chi connectivity index (χ0v) is 19.8. The second kappa shape index (κ2) is 9.18. The standard InChI is InChI=1S/C22H23BrF6N4O/c1-13(33-18(15-5-6-15)17(23)19(30-33)22(27,28)29)20(34)32-9-7-31(8-10-32)12-14-3-2-4-16(11-14)21(24,25)26/h2-4,11,13,15H,5-10,12H2,1H3. The van der Waals surface area contributed by atoms with Crippen molar-refractivity contribution in [2.75, 3.05) is 26.2 Å². The number of halogens is 7. The van der Waals surface area contributed by atoms with Crippen molar-refractivity contribution in [3.05, 3.63) is 51.3 Å². The maximum Gasteiger partial charge on any atom is 0.436 e. The van der Waals surface area contributed by atoms with Crippen LogP contribution in [-0.4, -0.2) is 51.7 Å². The maximum absolute atomic E-state index is 13.4. The van der Waals surface area contributed by atoms with E-state index >= 15 is 0 Å². The van der Waals surface area contributed by atoms with Gasteiger partial charge in [0, 0.05) is 38.6 Å². The Morgan fingerprint density at radius 3 is 2.29 bits per heavy atom. The van der Waals surface area contributed by atoms with Gasteiger partial charge in [0.25, 0.3) is 0 Å². The van der Waals surface area contributed by atoms with Gasteiger partial charge in [-0.3, -0.25) is 14.4 Å². The first-order valence-corrected chi connectivity index (χ1v) is 11.7. The molecule has 1 aromatic carbocycles. The predicted octanol–water partition coefficient (Wildman–Crippen LogP) is 5.47. The molecule has 12 heteroatoms. The molecule has 1 aromatic heterocycles. The smallest absolute Gasteiger partial charge is 0.338 e. The molecule has 0 N–H and O–H groups in total. The molecule has 1 unspecified atom stereocenters. The molecule has 1 atom stereocenters. The second-order valence-electron chi connectivity index (χ2n) is 8.74. The van der Waals surface area contributed by atoms with E-state index < -0.39 is 29.7 Å². The molecule has 1 aliphatic heterocycles. The van der Waals surface area contributed by atoms with Crippen molar-refractivity contribution in [2.24, 2.45) is 0 Å². The Hall–Kier alpha value is -2.08. The van der Waals surface area contributed by atoms with Crippen LogP contribution in [0.2, 0.25) is 0 Å². The van der Waals surface area contributed by atoms with Gasteiger partial charge in [0.15, 0.2) is 5.69 Å². The quantitative estimate of drug-likeness (QED) is 0.462. The van der Waals surface area contributed by atoms with Gasteiger partial charge in [0.2, 0.25) is 5.91 Å². The number of hydrogen-bond donors (Lipinski definition) is 0. The number of alkyl halides is 6. The van der Waals surface area contributed by atoms with Crippen molar-refractivity contribution in [3.8, 4) is 0 Å². The van der Waals surface area contributed by atoms with Crippen LogP contribution in [0.4, 0.5) is 26.3 Å². The first-order valence-electron chi connectivity index (χ1n) is 10.9. The van der Waals surface area contributed by atoms with Crippen molar-refractivity contribution >= 4 is 21.8 Å². The minimum Gasteiger partial charge on any atom is -0.338 e. The van der Waals surface area contributed by atoms with E-state index in [1.807, 2.05) is 4.90 Å². The van der Waals surface area contributed by atoms with E-state index in [1.54, 1.807) is 17.9 Å². The Labute approximate surface area is 200 Å². The SMILES string of the molecule is CC(C(=O)N1CCN(Cc2cccc(C(F)(F)F)c2)CC1)n1nc(C(F)(F)F)c(Br)c1C1CC1. The Bertz CT molecular complexity index is 1050. The average Bonchev–Trinajstić information content (AvgIpc) is 3.53. The molecular weight excluding hydrogens is 530 g/mol. The fraction of sp³-hybridized carbons (Fsp3) is 0.545. The highest BCUT2D eigenvalue weighted by Gasteiger charge is 2.43. The van der Waals surface area contributed by atoms with E-state index in [4.69, 9.17) is 0 Å². The van der Waals surface area contributed by atoms with Crippen LogP contribution in [0.5, 0.6) is 0 Å². The van der Waals surface area contributed by atoms with E-state index in [2.05, 4.69) is 21.0 Å². The second-order valence-corrected chi connectivity index (χ2v) is 9.53. The topological polar surface area (TPSA) is 41.4 Å². The molecule has 2 fully saturated rings. The van der Waals surface area contributed by atoms with Crippen LogP contribution in [0.3, 0.4) is 0 Å². The van der Waals surface area contributed by atoms with Crippen molar-refractivity contribution in [1.29, 1.82) is 0 Å². The van der Waals surface area contributed by atoms with Gasteiger partial charge in [-0.25, -0.2) is 0 Å². The Morgan fingerprint density at radius 1 is 1.09 bits per heavy atom. The summed E-state index contributed by atoms with van der Waals surface area (Å²) >= 11 is 3.04. The summed E-state index contributed by atoms with van der Waals surface area (Å²) in [5.74, 6) is -0.387. The number of carbonyl (C=O) groups is 1. The van der Waals surface area contributed by atoms with Gasteiger partial charge in [-0.15, -0.1) is 0 Å². The molecule has 5 nitrogen and oxygen atoms in total. The summed E-state index contributed by atoms with van der Waals surface area (Å²) in [6.45, 7) is 3.41. The predicted molar refractivity (Wildman–Crippen MR) is 115 cm³/mol. The highest BCUT2D eigenvalue weighted by atomic mass is 79.9. The zero-order chi connectivity index (χ0) is 24.8. The molecule has 4 rings (SSSR count). The first-order chi connectivity index (χ1) is 15.9. The van der Waals surface area contributed by atoms with Crippen LogP contribution in [0.1, 0.15) is 54.2 Å². The summed E-state index contributed by atoms with van der Waals surface area (Å²) in [5.41, 5.74) is -0.808. The highest BCUT2D eigenvalue weighted by molar-refractivity contribution is 9.10. The monoisotopic (exact) mass is 552 g/mol. The number of carbonyl (C=O) groups excluding carboxylic acids is 1. The van der Waals surface area contributed by atoms with Gasteiger partial charge in [0.1, 0.15) is 6.04 Å². The maximum atomic E-state index is 13.4. The first kappa shape index (κ1) is 25.0. The lowest BCUT2D eigenvalue weighted by molar-refractivity contribution is -0.143. The van der Waals surface area contributed by atoms with Crippen LogP contribution in [0, 0.1) is 0 Å². The molecule has 0 bridgehead atoms. The fourth-order valence-electron chi connectivity index (χ4n) is 4.23. The molecule has 2 aliphatic rings. The third-order valence-corrected chi connectivity index (χ3v) is 6.97. The van der Waals surface area contributed by atoms with E-state index in [-0.39, 0.29) is 16.3 Å². The lowest BCUT2D eigenvalue weighted by atomic mass is 10.1. The number of hydrogen-bond acceptors (Lipinski definition) is 3. The number of rotatable bonds is 5. The number of nitrogens with zero attached hydrogens (tertiary/aromatic N) is 4. The summed E-state index contributed by atoms with van der Waals surface area (Å²) in [6, 6.07) is 4.23. The van der Waals surface area contributed by atoms with Gasteiger partial charge in [-0.2, -0.15) is 31.4 Å². The summed E-state index contributed by atoms with van der Waals surface area (Å²) in [5, 5.41) is 3.75. The van der Waals surface area contributed by atoms with Crippen LogP contribution < -0.4 is 0 Å². The summed E-state index contributed by atoms with van der Waals surface area (Å²) in [4.78, 5) is 16.6. The molecule has 1 amide bonds. The lowest BCUT2D eigenvalue weighted by Gasteiger charge is -2.36. The third-order valence-electron chi connectivity index (χ3n) is 6.19. The molecule has 1 saturated heterocycles. The molecule has 0 radical (unpaired) electrons. The normalized spacial score (nSPS) is 18.9. The van der Waals surface area contributed by atoms with E-state index in [9.17, 15) is 31.1 Å². The van der Waals surface area contributed by atoms with Gasteiger partial charge in [0.05, 0.1) is 15.7 Å². The zero-order valence-electron chi connectivity index (χ0n) is 18.3. The van der Waals surface area contributed by atoms with Crippen LogP contribution in [0.25, 0.3) is 0 Å². The Morgan fingerprint density at radius 2 is 1.74 bits per heavy atom. The van der Waals surface area contributed by atoms with E-state index in [1.165, 1.54) is 10.7 Å². The van der Waals surface area contributed by atoms with Gasteiger partial charge < -0.3 is 4.90 Å². The van der Waals surface area contributed by atoms with Crippen LogP contribution in [-0.2, 0) is 23.7 Å². The van der Waals surface area contributed by atoms with Gasteiger partial charge in [-0.1, -0.05) is 18.2 Å².